The molecule has 0 radical (unpaired) electrons. The Kier molecular flexibility index (Phi) is 6.02. The zero-order valence-electron chi connectivity index (χ0n) is 20.8. The summed E-state index contributed by atoms with van der Waals surface area (Å²) in [6, 6.07) is 18.7. The first-order valence-electron chi connectivity index (χ1n) is 12.7. The lowest BCUT2D eigenvalue weighted by Crippen LogP contribution is -2.35. The summed E-state index contributed by atoms with van der Waals surface area (Å²) in [7, 11) is 1.63. The summed E-state index contributed by atoms with van der Waals surface area (Å²) in [5, 5.41) is 4.50. The van der Waals surface area contributed by atoms with Crippen molar-refractivity contribution in [2.45, 2.75) is 44.7 Å². The predicted octanol–water partition coefficient (Wildman–Crippen LogP) is 6.30. The molecule has 0 spiro atoms. The third-order valence-electron chi connectivity index (χ3n) is 7.55. The molecule has 184 valence electrons. The summed E-state index contributed by atoms with van der Waals surface area (Å²) in [6.07, 6.45) is 6.29. The Morgan fingerprint density at radius 3 is 2.72 bits per heavy atom. The number of pyridine rings is 1. The number of nitrogens with zero attached hydrogens (tertiary/aromatic N) is 2. The first kappa shape index (κ1) is 23.2. The van der Waals surface area contributed by atoms with E-state index in [0.717, 1.165) is 41.4 Å². The number of carbonyl (C=O) groups excluding carboxylic acids is 1. The Hall–Kier alpha value is -3.22. The molecule has 1 saturated heterocycles. The van der Waals surface area contributed by atoms with Crippen LogP contribution < -0.4 is 10.1 Å². The van der Waals surface area contributed by atoms with Gasteiger partial charge in [-0.05, 0) is 105 Å². The van der Waals surface area contributed by atoms with E-state index in [-0.39, 0.29) is 11.4 Å². The van der Waals surface area contributed by atoms with E-state index in [2.05, 4.69) is 40.5 Å². The molecule has 0 bridgehead atoms. The highest BCUT2D eigenvalue weighted by Gasteiger charge is 2.47. The van der Waals surface area contributed by atoms with Gasteiger partial charge >= 0.3 is 0 Å². The summed E-state index contributed by atoms with van der Waals surface area (Å²) in [5.74, 6) is 0.630. The summed E-state index contributed by atoms with van der Waals surface area (Å²) in [5.41, 5.74) is 4.52. The number of aromatic nitrogens is 1. The fourth-order valence-corrected chi connectivity index (χ4v) is 6.38. The number of methoxy groups -OCH3 is 1. The van der Waals surface area contributed by atoms with Crippen LogP contribution >= 0.6 is 11.3 Å². The van der Waals surface area contributed by atoms with Crippen LogP contribution in [0.1, 0.15) is 52.0 Å². The molecule has 2 fully saturated rings. The average molecular weight is 498 g/mol. The van der Waals surface area contributed by atoms with E-state index in [9.17, 15) is 4.79 Å². The van der Waals surface area contributed by atoms with Crippen LogP contribution in [0, 0.1) is 6.92 Å². The zero-order valence-corrected chi connectivity index (χ0v) is 21.7. The maximum atomic E-state index is 13.4. The Labute approximate surface area is 216 Å². The molecule has 36 heavy (non-hydrogen) atoms. The van der Waals surface area contributed by atoms with Gasteiger partial charge in [0.2, 0.25) is 0 Å². The smallest absolute Gasteiger partial charge is 0.252 e. The van der Waals surface area contributed by atoms with Crippen LogP contribution in [0.2, 0.25) is 0 Å². The highest BCUT2D eigenvalue weighted by Crippen LogP contribution is 2.49. The number of rotatable bonds is 7. The van der Waals surface area contributed by atoms with Crippen molar-refractivity contribution in [3.8, 4) is 16.2 Å². The molecular formula is C30H31N3O2S. The molecule has 1 amide bonds. The van der Waals surface area contributed by atoms with Crippen LogP contribution in [0.25, 0.3) is 21.3 Å². The van der Waals surface area contributed by atoms with Gasteiger partial charge in [-0.3, -0.25) is 14.7 Å². The minimum atomic E-state index is -0.375. The third-order valence-corrected chi connectivity index (χ3v) is 8.67. The SMILES string of the molecule is COc1ccc(C)c(C(=O)NC2(c3cc(-c4ccc(CN5CCCC5)s4)cc4ncccc34)CC2)c1. The molecule has 4 aromatic rings. The minimum absolute atomic E-state index is 0.0598. The van der Waals surface area contributed by atoms with Gasteiger partial charge in [0.1, 0.15) is 5.75 Å². The van der Waals surface area contributed by atoms with Crippen molar-refractivity contribution in [3.05, 3.63) is 82.4 Å². The predicted molar refractivity (Wildman–Crippen MR) is 146 cm³/mol. The maximum Gasteiger partial charge on any atom is 0.252 e. The first-order valence-corrected chi connectivity index (χ1v) is 13.5. The van der Waals surface area contributed by atoms with Crippen LogP contribution in [-0.2, 0) is 12.1 Å². The summed E-state index contributed by atoms with van der Waals surface area (Å²) in [4.78, 5) is 23.3. The van der Waals surface area contributed by atoms with Crippen molar-refractivity contribution in [1.82, 2.24) is 15.2 Å². The van der Waals surface area contributed by atoms with Gasteiger partial charge < -0.3 is 10.1 Å². The Balaban J connectivity index is 1.34. The lowest BCUT2D eigenvalue weighted by Gasteiger charge is -2.22. The van der Waals surface area contributed by atoms with Gasteiger partial charge in [0.05, 0.1) is 18.2 Å². The number of hydrogen-bond acceptors (Lipinski definition) is 5. The number of benzene rings is 2. The van der Waals surface area contributed by atoms with Crippen molar-refractivity contribution in [2.75, 3.05) is 20.2 Å². The fraction of sp³-hybridized carbons (Fsp3) is 0.333. The van der Waals surface area contributed by atoms with Gasteiger partial charge in [-0.15, -0.1) is 11.3 Å². The quantitative estimate of drug-likeness (QED) is 0.326. The lowest BCUT2D eigenvalue weighted by molar-refractivity contribution is 0.0930. The van der Waals surface area contributed by atoms with E-state index in [1.54, 1.807) is 7.11 Å². The zero-order chi connectivity index (χ0) is 24.7. The monoisotopic (exact) mass is 497 g/mol. The topological polar surface area (TPSA) is 54.5 Å². The second-order valence-corrected chi connectivity index (χ2v) is 11.2. The summed E-state index contributed by atoms with van der Waals surface area (Å²) < 4.78 is 5.37. The van der Waals surface area contributed by atoms with E-state index in [0.29, 0.717) is 11.3 Å². The number of amides is 1. The van der Waals surface area contributed by atoms with Gasteiger partial charge in [0.15, 0.2) is 0 Å². The van der Waals surface area contributed by atoms with Crippen molar-refractivity contribution in [2.24, 2.45) is 0 Å². The lowest BCUT2D eigenvalue weighted by atomic mass is 9.95. The van der Waals surface area contributed by atoms with Crippen molar-refractivity contribution in [3.63, 3.8) is 0 Å². The van der Waals surface area contributed by atoms with Gasteiger partial charge in [-0.1, -0.05) is 12.1 Å². The maximum absolute atomic E-state index is 13.4. The number of fused-ring (bicyclic) bond motifs is 1. The molecule has 1 N–H and O–H groups in total. The second-order valence-electron chi connectivity index (χ2n) is 10.1. The molecule has 6 heteroatoms. The van der Waals surface area contributed by atoms with Crippen LogP contribution in [0.5, 0.6) is 5.75 Å². The van der Waals surface area contributed by atoms with Gasteiger partial charge in [-0.25, -0.2) is 0 Å². The Bertz CT molecular complexity index is 1430. The van der Waals surface area contributed by atoms with Crippen LogP contribution in [0.3, 0.4) is 0 Å². The van der Waals surface area contributed by atoms with E-state index in [1.807, 2.05) is 48.7 Å². The van der Waals surface area contributed by atoms with E-state index >= 15 is 0 Å². The van der Waals surface area contributed by atoms with Crippen molar-refractivity contribution < 1.29 is 9.53 Å². The van der Waals surface area contributed by atoms with E-state index < -0.39 is 0 Å². The van der Waals surface area contributed by atoms with E-state index in [1.165, 1.54) is 41.2 Å². The number of thiophene rings is 1. The number of carbonyl (C=O) groups is 1. The standard InChI is InChI=1S/C30H31N3O2S/c1-20-7-8-22(35-2)18-25(20)29(34)32-30(11-12-30)26-16-21(17-27-24(26)6-5-13-31-27)28-10-9-23(36-28)19-33-14-3-4-15-33/h5-10,13,16-18H,3-4,11-12,14-15,19H2,1-2H3,(H,32,34). The van der Waals surface area contributed by atoms with Crippen LogP contribution in [0.15, 0.2) is 60.8 Å². The molecule has 0 atom stereocenters. The molecule has 2 aromatic carbocycles. The molecular weight excluding hydrogens is 466 g/mol. The first-order chi connectivity index (χ1) is 17.5. The highest BCUT2D eigenvalue weighted by atomic mass is 32.1. The molecule has 0 unspecified atom stereocenters. The summed E-state index contributed by atoms with van der Waals surface area (Å²) >= 11 is 1.87. The third kappa shape index (κ3) is 4.40. The Morgan fingerprint density at radius 1 is 1.11 bits per heavy atom. The second kappa shape index (κ2) is 9.34. The number of hydrogen-bond donors (Lipinski definition) is 1. The number of aryl methyl sites for hydroxylation is 1. The molecule has 2 aromatic heterocycles. The normalized spacial score (nSPS) is 16.8. The largest absolute Gasteiger partial charge is 0.497 e. The molecule has 3 heterocycles. The molecule has 1 saturated carbocycles. The molecule has 6 rings (SSSR count). The average Bonchev–Trinajstić information content (AvgIpc) is 3.26. The summed E-state index contributed by atoms with van der Waals surface area (Å²) in [6.45, 7) is 5.39. The van der Waals surface area contributed by atoms with Crippen LogP contribution in [0.4, 0.5) is 0 Å². The van der Waals surface area contributed by atoms with Crippen molar-refractivity contribution >= 4 is 28.1 Å². The van der Waals surface area contributed by atoms with Gasteiger partial charge in [0, 0.05) is 33.4 Å². The number of likely N-dealkylation sites (tertiary alicyclic amines) is 1. The number of nitrogens with one attached hydrogen (secondary N) is 1. The number of ether oxygens (including phenoxy) is 1. The van der Waals surface area contributed by atoms with E-state index in [4.69, 9.17) is 9.72 Å². The van der Waals surface area contributed by atoms with Crippen molar-refractivity contribution in [1.29, 1.82) is 0 Å². The van der Waals surface area contributed by atoms with Crippen LogP contribution in [-0.4, -0.2) is 36.0 Å². The Morgan fingerprint density at radius 2 is 1.94 bits per heavy atom. The van der Waals surface area contributed by atoms with Gasteiger partial charge in [-0.2, -0.15) is 0 Å². The molecule has 2 aliphatic rings. The molecule has 1 aliphatic heterocycles. The van der Waals surface area contributed by atoms with Gasteiger partial charge in [0.25, 0.3) is 5.91 Å². The fourth-order valence-electron chi connectivity index (χ4n) is 5.34. The minimum Gasteiger partial charge on any atom is -0.497 e. The molecule has 5 nitrogen and oxygen atoms in total. The highest BCUT2D eigenvalue weighted by molar-refractivity contribution is 7.15. The molecule has 1 aliphatic carbocycles.